The summed E-state index contributed by atoms with van der Waals surface area (Å²) < 4.78 is 0. The van der Waals surface area contributed by atoms with E-state index in [9.17, 15) is 5.11 Å². The second kappa shape index (κ2) is 3.50. The molecule has 3 heteroatoms. The molecule has 2 nitrogen and oxygen atoms in total. The molecular weight excluding hydrogens is 133 g/mol. The molecule has 1 aliphatic rings. The lowest BCUT2D eigenvalue weighted by atomic mass is 10.2. The third-order valence-corrected chi connectivity index (χ3v) is 2.25. The Hall–Kier alpha value is 0.350. The van der Waals surface area contributed by atoms with Gasteiger partial charge in [0.2, 0.25) is 0 Å². The second-order valence-corrected chi connectivity index (χ2v) is 3.59. The van der Waals surface area contributed by atoms with Gasteiger partial charge in [0.1, 0.15) is 0 Å². The van der Waals surface area contributed by atoms with Crippen LogP contribution in [0, 0.1) is 0 Å². The standard InChI is InChI=1S/C6H14NOP/c8-5-3-6(9)1-2-7-4-5/h5-8H,1-4,9H2. The number of aliphatic hydroxyl groups is 1. The van der Waals surface area contributed by atoms with E-state index in [1.54, 1.807) is 0 Å². The van der Waals surface area contributed by atoms with Crippen molar-refractivity contribution in [1.82, 2.24) is 5.32 Å². The van der Waals surface area contributed by atoms with Gasteiger partial charge in [-0.05, 0) is 25.0 Å². The molecule has 0 aromatic carbocycles. The number of hydrogen-bond acceptors (Lipinski definition) is 2. The molecule has 0 amide bonds. The predicted molar refractivity (Wildman–Crippen MR) is 41.6 cm³/mol. The first-order valence-corrected chi connectivity index (χ1v) is 4.10. The summed E-state index contributed by atoms with van der Waals surface area (Å²) in [4.78, 5) is 0. The highest BCUT2D eigenvalue weighted by molar-refractivity contribution is 7.17. The Morgan fingerprint density at radius 1 is 1.56 bits per heavy atom. The van der Waals surface area contributed by atoms with Crippen LogP contribution in [0.5, 0.6) is 0 Å². The van der Waals surface area contributed by atoms with Crippen LogP contribution >= 0.6 is 9.24 Å². The average molecular weight is 147 g/mol. The number of aliphatic hydroxyl groups excluding tert-OH is 1. The molecule has 0 aromatic rings. The maximum atomic E-state index is 9.18. The summed E-state index contributed by atoms with van der Waals surface area (Å²) in [5, 5.41) is 12.3. The molecule has 2 N–H and O–H groups in total. The topological polar surface area (TPSA) is 32.3 Å². The summed E-state index contributed by atoms with van der Waals surface area (Å²) in [6.07, 6.45) is 1.97. The monoisotopic (exact) mass is 147 g/mol. The van der Waals surface area contributed by atoms with Crippen LogP contribution in [0.2, 0.25) is 0 Å². The Morgan fingerprint density at radius 2 is 2.33 bits per heavy atom. The van der Waals surface area contributed by atoms with E-state index in [0.29, 0.717) is 5.66 Å². The van der Waals surface area contributed by atoms with Gasteiger partial charge in [-0.15, -0.1) is 9.24 Å². The molecule has 0 aliphatic carbocycles. The molecule has 9 heavy (non-hydrogen) atoms. The maximum Gasteiger partial charge on any atom is 0.0670 e. The Labute approximate surface area is 58.2 Å². The van der Waals surface area contributed by atoms with Crippen molar-refractivity contribution in [3.8, 4) is 0 Å². The molecule has 3 atom stereocenters. The Morgan fingerprint density at radius 3 is 3.11 bits per heavy atom. The van der Waals surface area contributed by atoms with Crippen molar-refractivity contribution in [3.05, 3.63) is 0 Å². The maximum absolute atomic E-state index is 9.18. The first-order chi connectivity index (χ1) is 4.29. The summed E-state index contributed by atoms with van der Waals surface area (Å²) in [5.74, 6) is 0. The lowest BCUT2D eigenvalue weighted by Gasteiger charge is -2.08. The fourth-order valence-electron chi connectivity index (χ4n) is 1.11. The van der Waals surface area contributed by atoms with Crippen LogP contribution in [0.4, 0.5) is 0 Å². The fourth-order valence-corrected chi connectivity index (χ4v) is 1.59. The highest BCUT2D eigenvalue weighted by Gasteiger charge is 2.13. The van der Waals surface area contributed by atoms with Crippen LogP contribution in [0.1, 0.15) is 12.8 Å². The van der Waals surface area contributed by atoms with Gasteiger partial charge in [-0.1, -0.05) is 0 Å². The zero-order valence-corrected chi connectivity index (χ0v) is 6.66. The third-order valence-electron chi connectivity index (χ3n) is 1.65. The molecule has 3 unspecified atom stereocenters. The van der Waals surface area contributed by atoms with Crippen molar-refractivity contribution < 1.29 is 5.11 Å². The van der Waals surface area contributed by atoms with Gasteiger partial charge in [0, 0.05) is 6.54 Å². The molecule has 1 heterocycles. The van der Waals surface area contributed by atoms with Crippen molar-refractivity contribution in [2.24, 2.45) is 0 Å². The molecule has 54 valence electrons. The van der Waals surface area contributed by atoms with Gasteiger partial charge in [0.15, 0.2) is 0 Å². The molecule has 1 fully saturated rings. The Balaban J connectivity index is 2.29. The molecule has 0 aromatic heterocycles. The summed E-state index contributed by atoms with van der Waals surface area (Å²) in [6.45, 7) is 1.82. The Kier molecular flexibility index (Phi) is 2.90. The lowest BCUT2D eigenvalue weighted by molar-refractivity contribution is 0.169. The minimum atomic E-state index is -0.130. The number of hydrogen-bond donors (Lipinski definition) is 2. The van der Waals surface area contributed by atoms with E-state index in [-0.39, 0.29) is 6.10 Å². The van der Waals surface area contributed by atoms with E-state index in [1.807, 2.05) is 0 Å². The highest BCUT2D eigenvalue weighted by Crippen LogP contribution is 2.13. The summed E-state index contributed by atoms with van der Waals surface area (Å²) in [7, 11) is 2.76. The fraction of sp³-hybridized carbons (Fsp3) is 1.00. The number of rotatable bonds is 0. The van der Waals surface area contributed by atoms with Crippen molar-refractivity contribution in [2.45, 2.75) is 24.6 Å². The number of nitrogens with one attached hydrogen (secondary N) is 1. The van der Waals surface area contributed by atoms with Crippen LogP contribution in [0.15, 0.2) is 0 Å². The van der Waals surface area contributed by atoms with Crippen LogP contribution in [-0.4, -0.2) is 30.0 Å². The molecule has 1 aliphatic heterocycles. The van der Waals surface area contributed by atoms with Gasteiger partial charge in [-0.2, -0.15) is 0 Å². The van der Waals surface area contributed by atoms with E-state index in [4.69, 9.17) is 0 Å². The highest BCUT2D eigenvalue weighted by atomic mass is 31.0. The van der Waals surface area contributed by atoms with Gasteiger partial charge in [-0.3, -0.25) is 0 Å². The van der Waals surface area contributed by atoms with Crippen molar-refractivity contribution in [2.75, 3.05) is 13.1 Å². The van der Waals surface area contributed by atoms with Gasteiger partial charge >= 0.3 is 0 Å². The van der Waals surface area contributed by atoms with E-state index >= 15 is 0 Å². The predicted octanol–water partition coefficient (Wildman–Crippen LogP) is -0.0256. The summed E-state index contributed by atoms with van der Waals surface area (Å²) >= 11 is 0. The molecular formula is C6H14NOP. The first kappa shape index (κ1) is 7.46. The Bertz CT molecular complexity index is 79.1. The number of β-amino-alcohol motifs (C(OH)–C–C–N with tert-alkyl or cyclic N) is 1. The SMILES string of the molecule is OC1CNCCC(P)C1. The van der Waals surface area contributed by atoms with E-state index in [1.165, 1.54) is 6.42 Å². The second-order valence-electron chi connectivity index (χ2n) is 2.64. The summed E-state index contributed by atoms with van der Waals surface area (Å²) in [6, 6.07) is 0. The molecule has 0 saturated carbocycles. The zero-order chi connectivity index (χ0) is 6.69. The van der Waals surface area contributed by atoms with E-state index in [2.05, 4.69) is 14.6 Å². The quantitative estimate of drug-likeness (QED) is 0.472. The molecule has 1 rings (SSSR count). The van der Waals surface area contributed by atoms with Gasteiger partial charge < -0.3 is 10.4 Å². The van der Waals surface area contributed by atoms with Crippen LogP contribution in [-0.2, 0) is 0 Å². The van der Waals surface area contributed by atoms with E-state index < -0.39 is 0 Å². The third kappa shape index (κ3) is 2.61. The molecule has 0 spiro atoms. The smallest absolute Gasteiger partial charge is 0.0670 e. The van der Waals surface area contributed by atoms with E-state index in [0.717, 1.165) is 19.5 Å². The van der Waals surface area contributed by atoms with Crippen molar-refractivity contribution >= 4 is 9.24 Å². The lowest BCUT2D eigenvalue weighted by Crippen LogP contribution is -2.24. The zero-order valence-electron chi connectivity index (χ0n) is 5.51. The van der Waals surface area contributed by atoms with Crippen LogP contribution in [0.3, 0.4) is 0 Å². The minimum absolute atomic E-state index is 0.130. The van der Waals surface area contributed by atoms with Gasteiger partial charge in [0.05, 0.1) is 6.10 Å². The average Bonchev–Trinajstić information content (AvgIpc) is 1.93. The molecule has 0 radical (unpaired) electrons. The first-order valence-electron chi connectivity index (χ1n) is 3.43. The summed E-state index contributed by atoms with van der Waals surface area (Å²) in [5.41, 5.74) is 0.606. The van der Waals surface area contributed by atoms with Crippen molar-refractivity contribution in [1.29, 1.82) is 0 Å². The van der Waals surface area contributed by atoms with Gasteiger partial charge in [-0.25, -0.2) is 0 Å². The largest absolute Gasteiger partial charge is 0.392 e. The molecule has 1 saturated heterocycles. The molecule has 0 bridgehead atoms. The van der Waals surface area contributed by atoms with Crippen molar-refractivity contribution in [3.63, 3.8) is 0 Å². The minimum Gasteiger partial charge on any atom is -0.392 e. The van der Waals surface area contributed by atoms with Crippen LogP contribution < -0.4 is 5.32 Å². The van der Waals surface area contributed by atoms with Gasteiger partial charge in [0.25, 0.3) is 0 Å². The normalized spacial score (nSPS) is 38.0. The van der Waals surface area contributed by atoms with Crippen LogP contribution in [0.25, 0.3) is 0 Å².